The topological polar surface area (TPSA) is 25.2 Å². The van der Waals surface area contributed by atoms with E-state index in [9.17, 15) is 0 Å². The van der Waals surface area contributed by atoms with Crippen molar-refractivity contribution in [2.24, 2.45) is 0 Å². The van der Waals surface area contributed by atoms with Crippen LogP contribution in [0.2, 0.25) is 0 Å². The van der Waals surface area contributed by atoms with E-state index in [1.807, 2.05) is 13.8 Å². The summed E-state index contributed by atoms with van der Waals surface area (Å²) in [4.78, 5) is 0. The predicted molar refractivity (Wildman–Crippen MR) is 78.0 cm³/mol. The summed E-state index contributed by atoms with van der Waals surface area (Å²) in [6, 6.07) is 2.55. The molecule has 0 aromatic carbocycles. The fourth-order valence-electron chi connectivity index (χ4n) is 2.41. The minimum Gasteiger partial charge on any atom is -0.466 e. The molecule has 0 radical (unpaired) electrons. The Kier molecular flexibility index (Phi) is 7.11. The van der Waals surface area contributed by atoms with Gasteiger partial charge < -0.3 is 9.73 Å². The number of rotatable bonds is 9. The van der Waals surface area contributed by atoms with Gasteiger partial charge in [0.25, 0.3) is 0 Å². The average molecular weight is 251 g/mol. The normalized spacial score (nSPS) is 12.9. The van der Waals surface area contributed by atoms with Crippen molar-refractivity contribution in [1.29, 1.82) is 0 Å². The standard InChI is InChI=1S/C16H29NO/c1-5-6-7-8-9-10-11-17-14(3)16-12-13(2)18-15(16)4/h12,14,17H,5-11H2,1-4H3. The Bertz CT molecular complexity index is 330. The molecule has 1 N–H and O–H groups in total. The van der Waals surface area contributed by atoms with Crippen molar-refractivity contribution in [2.45, 2.75) is 72.3 Å². The van der Waals surface area contributed by atoms with E-state index < -0.39 is 0 Å². The molecule has 1 rings (SSSR count). The first-order chi connectivity index (χ1) is 8.65. The summed E-state index contributed by atoms with van der Waals surface area (Å²) in [5, 5.41) is 3.58. The maximum absolute atomic E-state index is 5.57. The summed E-state index contributed by atoms with van der Waals surface area (Å²) in [5.74, 6) is 2.06. The van der Waals surface area contributed by atoms with Crippen LogP contribution in [0.1, 0.15) is 75.5 Å². The third kappa shape index (κ3) is 5.26. The monoisotopic (exact) mass is 251 g/mol. The molecule has 0 amide bonds. The molecular weight excluding hydrogens is 222 g/mol. The molecular formula is C16H29NO. The Labute approximate surface area is 112 Å². The zero-order valence-corrected chi connectivity index (χ0v) is 12.5. The van der Waals surface area contributed by atoms with Gasteiger partial charge in [0.2, 0.25) is 0 Å². The largest absolute Gasteiger partial charge is 0.466 e. The summed E-state index contributed by atoms with van der Waals surface area (Å²) in [7, 11) is 0. The van der Waals surface area contributed by atoms with Crippen LogP contribution in [0.5, 0.6) is 0 Å². The summed E-state index contributed by atoms with van der Waals surface area (Å²) >= 11 is 0. The lowest BCUT2D eigenvalue weighted by atomic mass is 10.1. The fraction of sp³-hybridized carbons (Fsp3) is 0.750. The molecule has 0 aliphatic heterocycles. The quantitative estimate of drug-likeness (QED) is 0.631. The first-order valence-corrected chi connectivity index (χ1v) is 7.45. The zero-order valence-electron chi connectivity index (χ0n) is 12.5. The highest BCUT2D eigenvalue weighted by atomic mass is 16.3. The van der Waals surface area contributed by atoms with Gasteiger partial charge in [-0.2, -0.15) is 0 Å². The lowest BCUT2D eigenvalue weighted by Gasteiger charge is -2.12. The van der Waals surface area contributed by atoms with Crippen molar-refractivity contribution >= 4 is 0 Å². The molecule has 0 aliphatic carbocycles. The van der Waals surface area contributed by atoms with E-state index in [4.69, 9.17) is 4.42 Å². The Hall–Kier alpha value is -0.760. The van der Waals surface area contributed by atoms with E-state index in [2.05, 4.69) is 25.2 Å². The molecule has 18 heavy (non-hydrogen) atoms. The first-order valence-electron chi connectivity index (χ1n) is 7.45. The Morgan fingerprint density at radius 3 is 2.39 bits per heavy atom. The number of hydrogen-bond acceptors (Lipinski definition) is 2. The van der Waals surface area contributed by atoms with Crippen molar-refractivity contribution in [3.8, 4) is 0 Å². The van der Waals surface area contributed by atoms with E-state index in [-0.39, 0.29) is 0 Å². The minimum absolute atomic E-state index is 0.401. The summed E-state index contributed by atoms with van der Waals surface area (Å²) in [5.41, 5.74) is 1.30. The van der Waals surface area contributed by atoms with E-state index in [0.717, 1.165) is 18.1 Å². The molecule has 1 aromatic heterocycles. The van der Waals surface area contributed by atoms with Crippen molar-refractivity contribution < 1.29 is 4.42 Å². The summed E-state index contributed by atoms with van der Waals surface area (Å²) in [6.07, 6.45) is 8.12. The second-order valence-electron chi connectivity index (χ2n) is 5.31. The fourth-order valence-corrected chi connectivity index (χ4v) is 2.41. The van der Waals surface area contributed by atoms with Crippen LogP contribution in [-0.4, -0.2) is 6.54 Å². The first kappa shape index (κ1) is 15.3. The van der Waals surface area contributed by atoms with E-state index in [1.165, 1.54) is 44.1 Å². The number of aryl methyl sites for hydroxylation is 2. The van der Waals surface area contributed by atoms with Crippen LogP contribution in [-0.2, 0) is 0 Å². The predicted octanol–water partition coefficient (Wildman–Crippen LogP) is 4.91. The summed E-state index contributed by atoms with van der Waals surface area (Å²) < 4.78 is 5.57. The molecule has 1 aromatic rings. The molecule has 1 unspecified atom stereocenters. The van der Waals surface area contributed by atoms with Gasteiger partial charge in [0.1, 0.15) is 11.5 Å². The summed E-state index contributed by atoms with van der Waals surface area (Å²) in [6.45, 7) is 9.64. The Morgan fingerprint density at radius 1 is 1.11 bits per heavy atom. The third-order valence-electron chi connectivity index (χ3n) is 3.53. The van der Waals surface area contributed by atoms with Gasteiger partial charge in [0, 0.05) is 11.6 Å². The number of furan rings is 1. The van der Waals surface area contributed by atoms with Crippen LogP contribution in [0.25, 0.3) is 0 Å². The van der Waals surface area contributed by atoms with E-state index in [1.54, 1.807) is 0 Å². The van der Waals surface area contributed by atoms with Crippen LogP contribution in [0.3, 0.4) is 0 Å². The smallest absolute Gasteiger partial charge is 0.105 e. The molecule has 2 nitrogen and oxygen atoms in total. The van der Waals surface area contributed by atoms with Crippen LogP contribution >= 0.6 is 0 Å². The third-order valence-corrected chi connectivity index (χ3v) is 3.53. The van der Waals surface area contributed by atoms with E-state index >= 15 is 0 Å². The van der Waals surface area contributed by atoms with Gasteiger partial charge in [-0.05, 0) is 39.8 Å². The van der Waals surface area contributed by atoms with Crippen molar-refractivity contribution in [1.82, 2.24) is 5.32 Å². The zero-order chi connectivity index (χ0) is 13.4. The Balaban J connectivity index is 2.14. The average Bonchev–Trinajstić information content (AvgIpc) is 2.67. The second-order valence-corrected chi connectivity index (χ2v) is 5.31. The van der Waals surface area contributed by atoms with Crippen LogP contribution in [0.15, 0.2) is 10.5 Å². The van der Waals surface area contributed by atoms with Gasteiger partial charge in [0.15, 0.2) is 0 Å². The minimum atomic E-state index is 0.401. The van der Waals surface area contributed by atoms with Crippen molar-refractivity contribution in [3.63, 3.8) is 0 Å². The molecule has 0 bridgehead atoms. The highest BCUT2D eigenvalue weighted by Crippen LogP contribution is 2.21. The van der Waals surface area contributed by atoms with Gasteiger partial charge in [0.05, 0.1) is 0 Å². The highest BCUT2D eigenvalue weighted by molar-refractivity contribution is 5.23. The van der Waals surface area contributed by atoms with Gasteiger partial charge >= 0.3 is 0 Å². The van der Waals surface area contributed by atoms with Gasteiger partial charge in [-0.3, -0.25) is 0 Å². The molecule has 0 saturated carbocycles. The van der Waals surface area contributed by atoms with Crippen molar-refractivity contribution in [3.05, 3.63) is 23.2 Å². The second kappa shape index (κ2) is 8.36. The molecule has 0 spiro atoms. The van der Waals surface area contributed by atoms with E-state index in [0.29, 0.717) is 6.04 Å². The van der Waals surface area contributed by atoms with Crippen molar-refractivity contribution in [2.75, 3.05) is 6.54 Å². The maximum Gasteiger partial charge on any atom is 0.105 e. The maximum atomic E-state index is 5.57. The van der Waals surface area contributed by atoms with Crippen LogP contribution in [0.4, 0.5) is 0 Å². The molecule has 104 valence electrons. The molecule has 1 heterocycles. The van der Waals surface area contributed by atoms with Crippen LogP contribution < -0.4 is 5.32 Å². The molecule has 2 heteroatoms. The molecule has 0 saturated heterocycles. The number of nitrogens with one attached hydrogen (secondary N) is 1. The number of unbranched alkanes of at least 4 members (excludes halogenated alkanes) is 5. The molecule has 1 atom stereocenters. The Morgan fingerprint density at radius 2 is 1.78 bits per heavy atom. The van der Waals surface area contributed by atoms with Gasteiger partial charge in [-0.15, -0.1) is 0 Å². The highest BCUT2D eigenvalue weighted by Gasteiger charge is 2.11. The lowest BCUT2D eigenvalue weighted by molar-refractivity contribution is 0.485. The van der Waals surface area contributed by atoms with Crippen LogP contribution in [0, 0.1) is 13.8 Å². The number of hydrogen-bond donors (Lipinski definition) is 1. The SMILES string of the molecule is CCCCCCCCNC(C)c1cc(C)oc1C. The lowest BCUT2D eigenvalue weighted by Crippen LogP contribution is -2.19. The van der Waals surface area contributed by atoms with Gasteiger partial charge in [-0.1, -0.05) is 39.0 Å². The molecule has 0 fully saturated rings. The van der Waals surface area contributed by atoms with Gasteiger partial charge in [-0.25, -0.2) is 0 Å². The molecule has 0 aliphatic rings.